The van der Waals surface area contributed by atoms with Gasteiger partial charge in [-0.3, -0.25) is 4.79 Å². The van der Waals surface area contributed by atoms with Crippen molar-refractivity contribution >= 4 is 27.3 Å². The minimum Gasteiger partial charge on any atom is -0.340 e. The van der Waals surface area contributed by atoms with Gasteiger partial charge >= 0.3 is 0 Å². The number of thiophene rings is 1. The van der Waals surface area contributed by atoms with Crippen LogP contribution in [-0.4, -0.2) is 49.7 Å². The number of carbonyl (C=O) groups is 1. The highest BCUT2D eigenvalue weighted by atomic mass is 32.2. The van der Waals surface area contributed by atoms with E-state index >= 15 is 0 Å². The van der Waals surface area contributed by atoms with Gasteiger partial charge in [0.15, 0.2) is 0 Å². The van der Waals surface area contributed by atoms with E-state index in [2.05, 4.69) is 0 Å². The van der Waals surface area contributed by atoms with Gasteiger partial charge in [0.05, 0.1) is 0 Å². The summed E-state index contributed by atoms with van der Waals surface area (Å²) >= 11 is 1.23. The molecule has 1 aromatic rings. The number of hydrogen-bond acceptors (Lipinski definition) is 4. The molecule has 5 nitrogen and oxygen atoms in total. The molecule has 0 saturated carbocycles. The molecule has 1 aliphatic heterocycles. The molecule has 2 heterocycles. The van der Waals surface area contributed by atoms with E-state index in [1.807, 2.05) is 6.92 Å². The maximum absolute atomic E-state index is 12.3. The third-order valence-electron chi connectivity index (χ3n) is 3.14. The van der Waals surface area contributed by atoms with Gasteiger partial charge in [0.2, 0.25) is 5.91 Å². The topological polar surface area (TPSA) is 57.7 Å². The van der Waals surface area contributed by atoms with E-state index in [0.29, 0.717) is 36.8 Å². The van der Waals surface area contributed by atoms with E-state index in [-0.39, 0.29) is 5.91 Å². The van der Waals surface area contributed by atoms with Crippen LogP contribution in [0.25, 0.3) is 0 Å². The molecule has 1 amide bonds. The van der Waals surface area contributed by atoms with Gasteiger partial charge < -0.3 is 4.90 Å². The predicted octanol–water partition coefficient (Wildman–Crippen LogP) is 1.38. The number of hydrogen-bond donors (Lipinski definition) is 0. The Labute approximate surface area is 117 Å². The number of nitrogens with zero attached hydrogens (tertiary/aromatic N) is 2. The van der Waals surface area contributed by atoms with Crippen LogP contribution >= 0.6 is 11.3 Å². The predicted molar refractivity (Wildman–Crippen MR) is 74.6 cm³/mol. The zero-order valence-corrected chi connectivity index (χ0v) is 12.5. The Morgan fingerprint density at radius 1 is 1.32 bits per heavy atom. The maximum atomic E-state index is 12.3. The Morgan fingerprint density at radius 3 is 2.53 bits per heavy atom. The fraction of sp³-hybridized carbons (Fsp3) is 0.583. The minimum atomic E-state index is -3.37. The van der Waals surface area contributed by atoms with Crippen LogP contribution in [0.4, 0.5) is 0 Å². The first kappa shape index (κ1) is 14.5. The number of rotatable bonds is 4. The van der Waals surface area contributed by atoms with Crippen LogP contribution in [0.15, 0.2) is 21.7 Å². The lowest BCUT2D eigenvalue weighted by Crippen LogP contribution is -2.50. The van der Waals surface area contributed by atoms with Crippen molar-refractivity contribution in [2.24, 2.45) is 0 Å². The van der Waals surface area contributed by atoms with Gasteiger partial charge in [-0.1, -0.05) is 13.0 Å². The van der Waals surface area contributed by atoms with Crippen LogP contribution in [0.2, 0.25) is 0 Å². The molecule has 0 unspecified atom stereocenters. The van der Waals surface area contributed by atoms with Crippen molar-refractivity contribution < 1.29 is 13.2 Å². The molecule has 1 aromatic heterocycles. The van der Waals surface area contributed by atoms with Crippen molar-refractivity contribution in [3.8, 4) is 0 Å². The lowest BCUT2D eigenvalue weighted by molar-refractivity contribution is -0.132. The Kier molecular flexibility index (Phi) is 4.59. The van der Waals surface area contributed by atoms with E-state index in [1.54, 1.807) is 22.4 Å². The number of sulfonamides is 1. The zero-order chi connectivity index (χ0) is 13.9. The second kappa shape index (κ2) is 6.02. The molecule has 1 aliphatic rings. The normalized spacial score (nSPS) is 17.6. The van der Waals surface area contributed by atoms with E-state index in [4.69, 9.17) is 0 Å². The summed E-state index contributed by atoms with van der Waals surface area (Å²) in [4.78, 5) is 13.5. The molecular formula is C12H18N2O3S2. The third kappa shape index (κ3) is 3.16. The van der Waals surface area contributed by atoms with Crippen molar-refractivity contribution in [2.45, 2.75) is 24.0 Å². The van der Waals surface area contributed by atoms with E-state index < -0.39 is 10.0 Å². The molecule has 0 atom stereocenters. The van der Waals surface area contributed by atoms with Crippen LogP contribution in [0.3, 0.4) is 0 Å². The van der Waals surface area contributed by atoms with Gasteiger partial charge in [-0.15, -0.1) is 11.3 Å². The smallest absolute Gasteiger partial charge is 0.252 e. The molecule has 7 heteroatoms. The zero-order valence-electron chi connectivity index (χ0n) is 10.9. The Balaban J connectivity index is 1.99. The molecule has 0 bridgehead atoms. The molecule has 1 fully saturated rings. The molecule has 0 aliphatic carbocycles. The van der Waals surface area contributed by atoms with Gasteiger partial charge in [0, 0.05) is 32.6 Å². The second-order valence-corrected chi connectivity index (χ2v) is 7.58. The van der Waals surface area contributed by atoms with Crippen LogP contribution < -0.4 is 0 Å². The number of amides is 1. The number of carbonyl (C=O) groups excluding carboxylic acids is 1. The highest BCUT2D eigenvalue weighted by Gasteiger charge is 2.30. The van der Waals surface area contributed by atoms with Crippen LogP contribution in [0, 0.1) is 0 Å². The van der Waals surface area contributed by atoms with Gasteiger partial charge in [0.1, 0.15) is 4.21 Å². The molecule has 0 spiro atoms. The summed E-state index contributed by atoms with van der Waals surface area (Å²) in [6.45, 7) is 3.72. The van der Waals surface area contributed by atoms with Crippen LogP contribution in [-0.2, 0) is 14.8 Å². The standard InChI is InChI=1S/C12H18N2O3S2/c1-2-4-11(15)13-6-8-14(9-7-13)19(16,17)12-5-3-10-18-12/h3,5,10H,2,4,6-9H2,1H3. The summed E-state index contributed by atoms with van der Waals surface area (Å²) in [5, 5.41) is 1.76. The van der Waals surface area contributed by atoms with Crippen molar-refractivity contribution in [1.29, 1.82) is 0 Å². The van der Waals surface area contributed by atoms with Crippen molar-refractivity contribution in [2.75, 3.05) is 26.2 Å². The van der Waals surface area contributed by atoms with Gasteiger partial charge in [0.25, 0.3) is 10.0 Å². The van der Waals surface area contributed by atoms with E-state index in [1.165, 1.54) is 15.6 Å². The van der Waals surface area contributed by atoms with Gasteiger partial charge in [-0.2, -0.15) is 4.31 Å². The van der Waals surface area contributed by atoms with Crippen molar-refractivity contribution in [3.05, 3.63) is 17.5 Å². The Bertz CT molecular complexity index is 517. The molecule has 106 valence electrons. The quantitative estimate of drug-likeness (QED) is 0.844. The highest BCUT2D eigenvalue weighted by Crippen LogP contribution is 2.22. The first-order valence-electron chi connectivity index (χ1n) is 6.37. The maximum Gasteiger partial charge on any atom is 0.252 e. The summed E-state index contributed by atoms with van der Waals surface area (Å²) in [7, 11) is -3.37. The largest absolute Gasteiger partial charge is 0.340 e. The first-order chi connectivity index (χ1) is 9.05. The van der Waals surface area contributed by atoms with Gasteiger partial charge in [-0.05, 0) is 17.9 Å². The van der Waals surface area contributed by atoms with E-state index in [9.17, 15) is 13.2 Å². The highest BCUT2D eigenvalue weighted by molar-refractivity contribution is 7.91. The van der Waals surface area contributed by atoms with Crippen molar-refractivity contribution in [1.82, 2.24) is 9.21 Å². The first-order valence-corrected chi connectivity index (χ1v) is 8.69. The van der Waals surface area contributed by atoms with Crippen molar-refractivity contribution in [3.63, 3.8) is 0 Å². The van der Waals surface area contributed by atoms with Crippen LogP contribution in [0.5, 0.6) is 0 Å². The molecule has 0 aromatic carbocycles. The summed E-state index contributed by atoms with van der Waals surface area (Å²) in [6.07, 6.45) is 1.37. The lowest BCUT2D eigenvalue weighted by Gasteiger charge is -2.33. The average molecular weight is 302 g/mol. The monoisotopic (exact) mass is 302 g/mol. The second-order valence-electron chi connectivity index (χ2n) is 4.47. The average Bonchev–Trinajstić information content (AvgIpc) is 2.94. The Hall–Kier alpha value is -0.920. The summed E-state index contributed by atoms with van der Waals surface area (Å²) in [5.41, 5.74) is 0. The van der Waals surface area contributed by atoms with Gasteiger partial charge in [-0.25, -0.2) is 8.42 Å². The third-order valence-corrected chi connectivity index (χ3v) is 6.42. The fourth-order valence-electron chi connectivity index (χ4n) is 2.09. The lowest BCUT2D eigenvalue weighted by atomic mass is 10.2. The molecule has 2 rings (SSSR count). The van der Waals surface area contributed by atoms with Crippen LogP contribution in [0.1, 0.15) is 19.8 Å². The SMILES string of the molecule is CCCC(=O)N1CCN(S(=O)(=O)c2cccs2)CC1. The molecular weight excluding hydrogens is 284 g/mol. The molecule has 0 radical (unpaired) electrons. The molecule has 19 heavy (non-hydrogen) atoms. The minimum absolute atomic E-state index is 0.121. The summed E-state index contributed by atoms with van der Waals surface area (Å²) in [5.74, 6) is 0.121. The van der Waals surface area contributed by atoms with E-state index in [0.717, 1.165) is 6.42 Å². The molecule has 0 N–H and O–H groups in total. The fourth-order valence-corrected chi connectivity index (χ4v) is 4.65. The summed E-state index contributed by atoms with van der Waals surface area (Å²) < 4.78 is 26.4. The number of piperazine rings is 1. The summed E-state index contributed by atoms with van der Waals surface area (Å²) in [6, 6.07) is 3.35. The Morgan fingerprint density at radius 2 is 2.00 bits per heavy atom. The molecule has 1 saturated heterocycles.